The quantitative estimate of drug-likeness (QED) is 0.454. The maximum atomic E-state index is 12.8. The first-order valence-corrected chi connectivity index (χ1v) is 10.0. The van der Waals surface area contributed by atoms with Crippen molar-refractivity contribution in [2.24, 2.45) is 0 Å². The van der Waals surface area contributed by atoms with Gasteiger partial charge in [-0.05, 0) is 23.6 Å². The Balaban J connectivity index is 1.82. The van der Waals surface area contributed by atoms with E-state index >= 15 is 0 Å². The summed E-state index contributed by atoms with van der Waals surface area (Å²) < 4.78 is 10.4. The van der Waals surface area contributed by atoms with Gasteiger partial charge in [-0.15, -0.1) is 22.7 Å². The fourth-order valence-corrected chi connectivity index (χ4v) is 4.40. The van der Waals surface area contributed by atoms with Crippen molar-refractivity contribution < 1.29 is 23.9 Å². The van der Waals surface area contributed by atoms with Crippen LogP contribution in [0.4, 0.5) is 5.00 Å². The summed E-state index contributed by atoms with van der Waals surface area (Å²) >= 11 is 2.71. The number of ether oxygens (including phenoxy) is 2. The second kappa shape index (κ2) is 8.81. The molecule has 3 rings (SSSR count). The number of amides is 1. The van der Waals surface area contributed by atoms with E-state index in [9.17, 15) is 14.4 Å². The van der Waals surface area contributed by atoms with Gasteiger partial charge in [0.15, 0.2) is 6.61 Å². The fraction of sp³-hybridized carbons (Fsp3) is 0.150. The number of esters is 1. The third-order valence-corrected chi connectivity index (χ3v) is 5.61. The Morgan fingerprint density at radius 1 is 1.07 bits per heavy atom. The number of anilines is 1. The second-order valence-corrected chi connectivity index (χ2v) is 7.54. The van der Waals surface area contributed by atoms with Crippen LogP contribution in [0.2, 0.25) is 0 Å². The van der Waals surface area contributed by atoms with E-state index in [1.165, 1.54) is 36.7 Å². The normalized spacial score (nSPS) is 10.4. The summed E-state index contributed by atoms with van der Waals surface area (Å²) in [5.41, 5.74) is 1.25. The highest BCUT2D eigenvalue weighted by molar-refractivity contribution is 7.17. The second-order valence-electron chi connectivity index (χ2n) is 5.71. The molecule has 3 aromatic rings. The minimum Gasteiger partial charge on any atom is -0.496 e. The average Bonchev–Trinajstić information content (AvgIpc) is 3.35. The summed E-state index contributed by atoms with van der Waals surface area (Å²) in [7, 11) is 1.47. The van der Waals surface area contributed by atoms with Crippen LogP contribution in [0.25, 0.3) is 10.4 Å². The SMILES string of the molecule is COc1ccccc1C(=O)COC(=O)c1c(-c2cccs2)csc1NC(C)=O. The number of Topliss-reactive ketones (excluding diaryl/α,β-unsaturated/α-hetero) is 1. The maximum absolute atomic E-state index is 12.8. The van der Waals surface area contributed by atoms with Gasteiger partial charge in [-0.25, -0.2) is 4.79 Å². The largest absolute Gasteiger partial charge is 0.496 e. The van der Waals surface area contributed by atoms with Crippen molar-refractivity contribution in [3.63, 3.8) is 0 Å². The number of nitrogens with one attached hydrogen (secondary N) is 1. The van der Waals surface area contributed by atoms with Crippen LogP contribution in [0, 0.1) is 0 Å². The number of benzene rings is 1. The summed E-state index contributed by atoms with van der Waals surface area (Å²) in [6, 6.07) is 10.5. The van der Waals surface area contributed by atoms with Gasteiger partial charge < -0.3 is 14.8 Å². The summed E-state index contributed by atoms with van der Waals surface area (Å²) in [6.45, 7) is 0.934. The molecule has 0 radical (unpaired) electrons. The van der Waals surface area contributed by atoms with Gasteiger partial charge >= 0.3 is 5.97 Å². The van der Waals surface area contributed by atoms with Gasteiger partial charge in [0.2, 0.25) is 11.7 Å². The summed E-state index contributed by atoms with van der Waals surface area (Å²) in [6.07, 6.45) is 0. The zero-order chi connectivity index (χ0) is 20.1. The van der Waals surface area contributed by atoms with Crippen LogP contribution >= 0.6 is 22.7 Å². The third kappa shape index (κ3) is 4.29. The summed E-state index contributed by atoms with van der Waals surface area (Å²) in [5, 5.41) is 6.73. The first-order valence-electron chi connectivity index (χ1n) is 8.27. The molecule has 6 nitrogen and oxygen atoms in total. The number of para-hydroxylation sites is 1. The molecule has 0 bridgehead atoms. The first-order chi connectivity index (χ1) is 13.5. The highest BCUT2D eigenvalue weighted by atomic mass is 32.1. The molecule has 8 heteroatoms. The smallest absolute Gasteiger partial charge is 0.342 e. The Morgan fingerprint density at radius 3 is 2.54 bits per heavy atom. The molecule has 0 atom stereocenters. The molecule has 2 heterocycles. The standard InChI is InChI=1S/C20H17NO5S2/c1-12(22)21-19-18(14(11-28-19)17-8-5-9-27-17)20(24)26-10-15(23)13-6-3-4-7-16(13)25-2/h3-9,11H,10H2,1-2H3,(H,21,22). The summed E-state index contributed by atoms with van der Waals surface area (Å²) in [5.74, 6) is -0.924. The number of ketones is 1. The summed E-state index contributed by atoms with van der Waals surface area (Å²) in [4.78, 5) is 37.6. The molecule has 28 heavy (non-hydrogen) atoms. The average molecular weight is 415 g/mol. The molecular formula is C20H17NO5S2. The molecule has 0 spiro atoms. The highest BCUT2D eigenvalue weighted by Crippen LogP contribution is 2.38. The topological polar surface area (TPSA) is 81.7 Å². The highest BCUT2D eigenvalue weighted by Gasteiger charge is 2.24. The van der Waals surface area contributed by atoms with Crippen LogP contribution in [0.5, 0.6) is 5.75 Å². The van der Waals surface area contributed by atoms with Gasteiger partial charge in [-0.2, -0.15) is 0 Å². The van der Waals surface area contributed by atoms with Crippen LogP contribution in [0.1, 0.15) is 27.6 Å². The first kappa shape index (κ1) is 19.8. The monoisotopic (exact) mass is 415 g/mol. The number of hydrogen-bond donors (Lipinski definition) is 1. The Bertz CT molecular complexity index is 1010. The van der Waals surface area contributed by atoms with Gasteiger partial charge in [-0.1, -0.05) is 18.2 Å². The van der Waals surface area contributed by atoms with Crippen molar-refractivity contribution in [2.45, 2.75) is 6.92 Å². The van der Waals surface area contributed by atoms with E-state index in [1.54, 1.807) is 29.6 Å². The Morgan fingerprint density at radius 2 is 1.86 bits per heavy atom. The predicted molar refractivity (Wildman–Crippen MR) is 110 cm³/mol. The number of carbonyl (C=O) groups is 3. The minimum atomic E-state index is -0.670. The van der Waals surface area contributed by atoms with Crippen molar-refractivity contribution in [3.8, 4) is 16.2 Å². The van der Waals surface area contributed by atoms with Crippen LogP contribution in [-0.4, -0.2) is 31.4 Å². The van der Waals surface area contributed by atoms with E-state index in [-0.39, 0.29) is 17.3 Å². The van der Waals surface area contributed by atoms with Crippen molar-refractivity contribution in [1.82, 2.24) is 0 Å². The van der Waals surface area contributed by atoms with E-state index in [2.05, 4.69) is 5.32 Å². The number of thiophene rings is 2. The van der Waals surface area contributed by atoms with E-state index in [4.69, 9.17) is 9.47 Å². The van der Waals surface area contributed by atoms with Crippen LogP contribution < -0.4 is 10.1 Å². The van der Waals surface area contributed by atoms with E-state index < -0.39 is 12.6 Å². The lowest BCUT2D eigenvalue weighted by Crippen LogP contribution is -2.17. The molecule has 0 saturated heterocycles. The van der Waals surface area contributed by atoms with Gasteiger partial charge in [-0.3, -0.25) is 9.59 Å². The minimum absolute atomic E-state index is 0.246. The van der Waals surface area contributed by atoms with Gasteiger partial charge in [0.05, 0.1) is 12.7 Å². The number of carbonyl (C=O) groups excluding carboxylic acids is 3. The number of rotatable bonds is 7. The number of hydrogen-bond acceptors (Lipinski definition) is 7. The fourth-order valence-electron chi connectivity index (χ4n) is 2.58. The molecular weight excluding hydrogens is 398 g/mol. The third-order valence-electron chi connectivity index (χ3n) is 3.81. The Hall–Kier alpha value is -2.97. The molecule has 0 aliphatic heterocycles. The van der Waals surface area contributed by atoms with Crippen LogP contribution in [0.15, 0.2) is 47.2 Å². The molecule has 0 aliphatic rings. The molecule has 1 N–H and O–H groups in total. The lowest BCUT2D eigenvalue weighted by Gasteiger charge is -2.09. The lowest BCUT2D eigenvalue weighted by molar-refractivity contribution is -0.114. The van der Waals surface area contributed by atoms with Gasteiger partial charge in [0.1, 0.15) is 16.3 Å². The molecule has 1 amide bonds. The van der Waals surface area contributed by atoms with Crippen molar-refractivity contribution in [1.29, 1.82) is 0 Å². The van der Waals surface area contributed by atoms with E-state index in [0.717, 1.165) is 4.88 Å². The predicted octanol–water partition coefficient (Wildman–Crippen LogP) is 4.48. The Kier molecular flexibility index (Phi) is 6.23. The molecule has 2 aromatic heterocycles. The van der Waals surface area contributed by atoms with Gasteiger partial charge in [0.25, 0.3) is 0 Å². The molecule has 0 aliphatic carbocycles. The van der Waals surface area contributed by atoms with Crippen molar-refractivity contribution in [2.75, 3.05) is 19.0 Å². The lowest BCUT2D eigenvalue weighted by atomic mass is 10.1. The zero-order valence-electron chi connectivity index (χ0n) is 15.2. The molecule has 0 fully saturated rings. The maximum Gasteiger partial charge on any atom is 0.342 e. The van der Waals surface area contributed by atoms with Crippen molar-refractivity contribution in [3.05, 3.63) is 58.3 Å². The van der Waals surface area contributed by atoms with Crippen molar-refractivity contribution >= 4 is 45.3 Å². The van der Waals surface area contributed by atoms with Crippen LogP contribution in [0.3, 0.4) is 0 Å². The molecule has 0 saturated carbocycles. The zero-order valence-corrected chi connectivity index (χ0v) is 16.8. The molecule has 144 valence electrons. The molecule has 0 unspecified atom stereocenters. The Labute approximate surface area is 169 Å². The van der Waals surface area contributed by atoms with E-state index in [1.807, 2.05) is 17.5 Å². The van der Waals surface area contributed by atoms with E-state index in [0.29, 0.717) is 21.9 Å². The number of methoxy groups -OCH3 is 1. The molecule has 1 aromatic carbocycles. The van der Waals surface area contributed by atoms with Crippen LogP contribution in [-0.2, 0) is 9.53 Å². The van der Waals surface area contributed by atoms with Gasteiger partial charge in [0, 0.05) is 22.7 Å².